The molecule has 133 valence electrons. The molecule has 1 aliphatic heterocycles. The summed E-state index contributed by atoms with van der Waals surface area (Å²) in [5.74, 6) is 1.05. The van der Waals surface area contributed by atoms with Crippen LogP contribution >= 0.6 is 0 Å². The average Bonchev–Trinajstić information content (AvgIpc) is 2.52. The number of hydrogen-bond donors (Lipinski definition) is 0. The molecule has 1 radical (unpaired) electrons. The van der Waals surface area contributed by atoms with Crippen LogP contribution in [0.3, 0.4) is 0 Å². The van der Waals surface area contributed by atoms with Gasteiger partial charge in [0.05, 0.1) is 17.0 Å². The van der Waals surface area contributed by atoms with E-state index in [4.69, 9.17) is 13.6 Å². The predicted octanol–water partition coefficient (Wildman–Crippen LogP) is 4.14. The van der Waals surface area contributed by atoms with Crippen molar-refractivity contribution in [3.63, 3.8) is 0 Å². The summed E-state index contributed by atoms with van der Waals surface area (Å²) in [6.45, 7) is 7.62. The smallest absolute Gasteiger partial charge is 0.344 e. The number of fused-ring (bicyclic) bond motifs is 6. The van der Waals surface area contributed by atoms with Gasteiger partial charge in [-0.2, -0.15) is 0 Å². The normalized spacial score (nSPS) is 15.2. The molecular weight excluding hydrogens is 332 g/mol. The maximum atomic E-state index is 12.7. The van der Waals surface area contributed by atoms with Crippen LogP contribution in [0.5, 0.6) is 5.75 Å². The molecule has 0 unspecified atom stereocenters. The first-order chi connectivity index (χ1) is 12.3. The monoisotopic (exact) mass is 351 g/mol. The third-order valence-corrected chi connectivity index (χ3v) is 4.51. The second-order valence-electron chi connectivity index (χ2n) is 7.15. The van der Waals surface area contributed by atoms with Crippen molar-refractivity contribution >= 4 is 28.0 Å². The second kappa shape index (κ2) is 5.59. The standard InChI is InChI=1S/C21H19O5/c1-5-6-12-10-15(23)25-20-16(12)19-13(7-8-21(3,4)26-19)18-17(20)14(22)9-11(2)24-18/h7-9H,5-6H2,1-4H3. The van der Waals surface area contributed by atoms with E-state index in [-0.39, 0.29) is 16.4 Å². The van der Waals surface area contributed by atoms with Crippen molar-refractivity contribution in [3.05, 3.63) is 55.7 Å². The van der Waals surface area contributed by atoms with E-state index in [1.807, 2.05) is 32.9 Å². The van der Waals surface area contributed by atoms with Crippen molar-refractivity contribution in [2.24, 2.45) is 0 Å². The largest absolute Gasteiger partial charge is 0.482 e. The van der Waals surface area contributed by atoms with Gasteiger partial charge in [0, 0.05) is 6.07 Å². The summed E-state index contributed by atoms with van der Waals surface area (Å²) in [6, 6.07) is 4.17. The lowest BCUT2D eigenvalue weighted by atomic mass is 9.94. The number of rotatable bonds is 2. The molecule has 3 aromatic rings. The molecule has 5 nitrogen and oxygen atoms in total. The number of ether oxygens (including phenoxy) is 1. The highest BCUT2D eigenvalue weighted by Gasteiger charge is 2.30. The minimum absolute atomic E-state index is 0.214. The Morgan fingerprint density at radius 1 is 1.12 bits per heavy atom. The summed E-state index contributed by atoms with van der Waals surface area (Å²) in [5, 5.41) is 0.892. The van der Waals surface area contributed by atoms with Gasteiger partial charge in [0.1, 0.15) is 22.5 Å². The van der Waals surface area contributed by atoms with Crippen LogP contribution in [-0.2, 0) is 6.42 Å². The van der Waals surface area contributed by atoms with Crippen LogP contribution in [0.15, 0.2) is 30.6 Å². The maximum absolute atomic E-state index is 12.7. The Bertz CT molecular complexity index is 1190. The van der Waals surface area contributed by atoms with E-state index in [9.17, 15) is 9.59 Å². The molecule has 5 heteroatoms. The molecule has 0 atom stereocenters. The lowest BCUT2D eigenvalue weighted by Crippen LogP contribution is -2.28. The van der Waals surface area contributed by atoms with Crippen molar-refractivity contribution in [2.75, 3.05) is 0 Å². The van der Waals surface area contributed by atoms with E-state index in [1.54, 1.807) is 6.92 Å². The zero-order valence-corrected chi connectivity index (χ0v) is 15.2. The van der Waals surface area contributed by atoms with E-state index in [0.29, 0.717) is 40.0 Å². The van der Waals surface area contributed by atoms with Crippen molar-refractivity contribution in [1.82, 2.24) is 0 Å². The summed E-state index contributed by atoms with van der Waals surface area (Å²) in [4.78, 5) is 24.8. The number of hydrogen-bond acceptors (Lipinski definition) is 5. The van der Waals surface area contributed by atoms with Crippen LogP contribution in [0.25, 0.3) is 28.0 Å². The minimum Gasteiger partial charge on any atom is -0.482 e. The molecule has 0 saturated heterocycles. The van der Waals surface area contributed by atoms with Gasteiger partial charge in [-0.1, -0.05) is 13.3 Å². The number of aryl methyl sites for hydroxylation is 2. The van der Waals surface area contributed by atoms with Crippen LogP contribution in [0.1, 0.15) is 44.1 Å². The lowest BCUT2D eigenvalue weighted by Gasteiger charge is -2.29. The highest BCUT2D eigenvalue weighted by Crippen LogP contribution is 2.43. The van der Waals surface area contributed by atoms with Gasteiger partial charge >= 0.3 is 5.63 Å². The quantitative estimate of drug-likeness (QED) is 0.512. The fraction of sp³-hybridized carbons (Fsp3) is 0.333. The molecule has 0 spiro atoms. The van der Waals surface area contributed by atoms with E-state index in [2.05, 4.69) is 6.07 Å². The molecular formula is C21H19O5. The van der Waals surface area contributed by atoms with Crippen LogP contribution in [-0.4, -0.2) is 5.60 Å². The zero-order valence-electron chi connectivity index (χ0n) is 15.2. The van der Waals surface area contributed by atoms with Gasteiger partial charge in [-0.3, -0.25) is 4.79 Å². The van der Waals surface area contributed by atoms with Crippen molar-refractivity contribution < 1.29 is 13.6 Å². The first-order valence-electron chi connectivity index (χ1n) is 8.68. The summed E-state index contributed by atoms with van der Waals surface area (Å²) in [7, 11) is 0. The maximum Gasteiger partial charge on any atom is 0.344 e. The third kappa shape index (κ3) is 2.46. The van der Waals surface area contributed by atoms with Crippen molar-refractivity contribution in [3.8, 4) is 5.75 Å². The van der Waals surface area contributed by atoms with E-state index >= 15 is 0 Å². The highest BCUT2D eigenvalue weighted by molar-refractivity contribution is 6.10. The van der Waals surface area contributed by atoms with Crippen molar-refractivity contribution in [1.29, 1.82) is 0 Å². The molecule has 0 saturated carbocycles. The van der Waals surface area contributed by atoms with Crippen LogP contribution in [0, 0.1) is 13.0 Å². The van der Waals surface area contributed by atoms with Gasteiger partial charge in [-0.15, -0.1) is 0 Å². The third-order valence-electron chi connectivity index (χ3n) is 4.51. The minimum atomic E-state index is -0.604. The van der Waals surface area contributed by atoms with Gasteiger partial charge in [0.2, 0.25) is 0 Å². The van der Waals surface area contributed by atoms with Crippen LogP contribution in [0.2, 0.25) is 0 Å². The van der Waals surface area contributed by atoms with Gasteiger partial charge < -0.3 is 13.6 Å². The topological polar surface area (TPSA) is 69.7 Å². The predicted molar refractivity (Wildman–Crippen MR) is 99.8 cm³/mol. The summed E-state index contributed by atoms with van der Waals surface area (Å²) in [5.41, 5.74) is 0.596. The van der Waals surface area contributed by atoms with Crippen LogP contribution < -0.4 is 15.8 Å². The summed E-state index contributed by atoms with van der Waals surface area (Å²) in [6.07, 6.45) is 5.28. The van der Waals surface area contributed by atoms with E-state index in [0.717, 1.165) is 6.42 Å². The number of benzene rings is 1. The van der Waals surface area contributed by atoms with Gasteiger partial charge in [0.15, 0.2) is 16.6 Å². The summed E-state index contributed by atoms with van der Waals surface area (Å²) >= 11 is 0. The SMILES string of the molecule is CCCc1[c]c(=O)oc2c1c1c(c3oc(C)cc(=O)c32)C=CC(C)(C)O1. The Balaban J connectivity index is 2.32. The van der Waals surface area contributed by atoms with Gasteiger partial charge in [-0.25, -0.2) is 4.79 Å². The molecule has 0 bridgehead atoms. The molecule has 0 N–H and O–H groups in total. The fourth-order valence-electron chi connectivity index (χ4n) is 3.44. The van der Waals surface area contributed by atoms with Crippen LogP contribution in [0.4, 0.5) is 0 Å². The molecule has 0 amide bonds. The Morgan fingerprint density at radius 2 is 1.88 bits per heavy atom. The molecule has 2 aromatic heterocycles. The molecule has 26 heavy (non-hydrogen) atoms. The lowest BCUT2D eigenvalue weighted by molar-refractivity contribution is 0.161. The Hall–Kier alpha value is -2.82. The Kier molecular flexibility index (Phi) is 3.58. The first-order valence-corrected chi connectivity index (χ1v) is 8.68. The molecule has 0 aliphatic carbocycles. The van der Waals surface area contributed by atoms with E-state index < -0.39 is 11.2 Å². The molecule has 4 rings (SSSR count). The van der Waals surface area contributed by atoms with Crippen molar-refractivity contribution in [2.45, 2.75) is 46.1 Å². The molecule has 1 aliphatic rings. The second-order valence-corrected chi connectivity index (χ2v) is 7.15. The fourth-order valence-corrected chi connectivity index (χ4v) is 3.44. The average molecular weight is 351 g/mol. The summed E-state index contributed by atoms with van der Waals surface area (Å²) < 4.78 is 17.5. The molecule has 3 heterocycles. The molecule has 0 fully saturated rings. The Morgan fingerprint density at radius 3 is 2.62 bits per heavy atom. The zero-order chi connectivity index (χ0) is 18.6. The Labute approximate surface area is 149 Å². The highest BCUT2D eigenvalue weighted by atomic mass is 16.5. The molecule has 1 aromatic carbocycles. The van der Waals surface area contributed by atoms with E-state index in [1.165, 1.54) is 6.07 Å². The first kappa shape index (κ1) is 16.6. The van der Waals surface area contributed by atoms with Gasteiger partial charge in [-0.05, 0) is 44.9 Å². The van der Waals surface area contributed by atoms with Gasteiger partial charge in [0.25, 0.3) is 0 Å².